The summed E-state index contributed by atoms with van der Waals surface area (Å²) >= 11 is 0. The van der Waals surface area contributed by atoms with Gasteiger partial charge in [-0.15, -0.1) is 0 Å². The number of carbonyl (C=O) groups is 2. The van der Waals surface area contributed by atoms with Crippen LogP contribution in [0.4, 0.5) is 0 Å². The van der Waals surface area contributed by atoms with Gasteiger partial charge in [-0.25, -0.2) is 0 Å². The average molecular weight is 321 g/mol. The maximum atomic E-state index is 11.7. The standard InChI is InChI=1S/C18H27NO4/c1-13(2)16-9-8-15(11-14(16)3)23-12-17(20)19-10-6-4-5-7-18(21)22/h8-9,11,13H,4-7,10,12H2,1-3H3,(H,19,20)(H,21,22). The van der Waals surface area contributed by atoms with E-state index in [-0.39, 0.29) is 18.9 Å². The molecule has 0 bridgehead atoms. The number of hydrogen-bond donors (Lipinski definition) is 2. The first kappa shape index (κ1) is 19.0. The van der Waals surface area contributed by atoms with Gasteiger partial charge in [0.1, 0.15) is 5.75 Å². The van der Waals surface area contributed by atoms with Crippen LogP contribution in [0.1, 0.15) is 56.6 Å². The van der Waals surface area contributed by atoms with Crippen LogP contribution in [0.15, 0.2) is 18.2 Å². The SMILES string of the molecule is Cc1cc(OCC(=O)NCCCCCC(=O)O)ccc1C(C)C. The van der Waals surface area contributed by atoms with Gasteiger partial charge in [0.2, 0.25) is 0 Å². The number of nitrogens with one attached hydrogen (secondary N) is 1. The molecule has 2 N–H and O–H groups in total. The molecule has 0 heterocycles. The second kappa shape index (κ2) is 9.87. The van der Waals surface area contributed by atoms with Gasteiger partial charge in [0.25, 0.3) is 5.91 Å². The largest absolute Gasteiger partial charge is 0.484 e. The molecular formula is C18H27NO4. The van der Waals surface area contributed by atoms with Crippen LogP contribution in [-0.4, -0.2) is 30.1 Å². The summed E-state index contributed by atoms with van der Waals surface area (Å²) in [6.07, 6.45) is 2.40. The fraction of sp³-hybridized carbons (Fsp3) is 0.556. The molecular weight excluding hydrogens is 294 g/mol. The van der Waals surface area contributed by atoms with E-state index in [1.807, 2.05) is 25.1 Å². The molecule has 1 aromatic carbocycles. The number of unbranched alkanes of at least 4 members (excludes halogenated alkanes) is 2. The number of rotatable bonds is 10. The lowest BCUT2D eigenvalue weighted by molar-refractivity contribution is -0.137. The fourth-order valence-electron chi connectivity index (χ4n) is 2.39. The van der Waals surface area contributed by atoms with Crippen LogP contribution in [0.2, 0.25) is 0 Å². The van der Waals surface area contributed by atoms with Crippen LogP contribution in [0.25, 0.3) is 0 Å². The Balaban J connectivity index is 2.23. The molecule has 128 valence electrons. The molecule has 0 aliphatic heterocycles. The fourth-order valence-corrected chi connectivity index (χ4v) is 2.39. The lowest BCUT2D eigenvalue weighted by atomic mass is 9.98. The average Bonchev–Trinajstić information content (AvgIpc) is 2.48. The van der Waals surface area contributed by atoms with E-state index >= 15 is 0 Å². The molecule has 1 amide bonds. The number of ether oxygens (including phenoxy) is 1. The smallest absolute Gasteiger partial charge is 0.303 e. The number of amides is 1. The molecule has 0 atom stereocenters. The third-order valence-electron chi connectivity index (χ3n) is 3.62. The van der Waals surface area contributed by atoms with Crippen molar-refractivity contribution >= 4 is 11.9 Å². The number of carboxylic acids is 1. The lowest BCUT2D eigenvalue weighted by Crippen LogP contribution is -2.29. The quantitative estimate of drug-likeness (QED) is 0.649. The lowest BCUT2D eigenvalue weighted by Gasteiger charge is -2.12. The summed E-state index contributed by atoms with van der Waals surface area (Å²) in [6, 6.07) is 5.88. The Kier molecular flexibility index (Phi) is 8.16. The molecule has 0 radical (unpaired) electrons. The van der Waals surface area contributed by atoms with Crippen LogP contribution in [0, 0.1) is 6.92 Å². The van der Waals surface area contributed by atoms with E-state index in [0.29, 0.717) is 24.6 Å². The molecule has 1 rings (SSSR count). The molecule has 0 fully saturated rings. The van der Waals surface area contributed by atoms with E-state index in [1.165, 1.54) is 5.56 Å². The number of carboxylic acid groups (broad SMARTS) is 1. The second-order valence-corrected chi connectivity index (χ2v) is 6.02. The number of aryl methyl sites for hydroxylation is 1. The minimum Gasteiger partial charge on any atom is -0.484 e. The zero-order chi connectivity index (χ0) is 17.2. The Labute approximate surface area is 138 Å². The van der Waals surface area contributed by atoms with E-state index in [4.69, 9.17) is 9.84 Å². The second-order valence-electron chi connectivity index (χ2n) is 6.02. The van der Waals surface area contributed by atoms with Gasteiger partial charge in [-0.3, -0.25) is 9.59 Å². The monoisotopic (exact) mass is 321 g/mol. The summed E-state index contributed by atoms with van der Waals surface area (Å²) in [5.41, 5.74) is 2.44. The van der Waals surface area contributed by atoms with Crippen LogP contribution >= 0.6 is 0 Å². The van der Waals surface area contributed by atoms with E-state index in [0.717, 1.165) is 18.4 Å². The summed E-state index contributed by atoms with van der Waals surface area (Å²) in [5.74, 6) is 0.229. The van der Waals surface area contributed by atoms with Crippen molar-refractivity contribution in [2.24, 2.45) is 0 Å². The number of benzene rings is 1. The van der Waals surface area contributed by atoms with Gasteiger partial charge >= 0.3 is 5.97 Å². The Hall–Kier alpha value is -2.04. The van der Waals surface area contributed by atoms with Crippen molar-refractivity contribution in [1.82, 2.24) is 5.32 Å². The first-order chi connectivity index (χ1) is 10.9. The molecule has 0 saturated heterocycles. The van der Waals surface area contributed by atoms with Crippen molar-refractivity contribution in [1.29, 1.82) is 0 Å². The molecule has 5 nitrogen and oxygen atoms in total. The molecule has 1 aromatic rings. The van der Waals surface area contributed by atoms with Crippen molar-refractivity contribution in [3.05, 3.63) is 29.3 Å². The highest BCUT2D eigenvalue weighted by Crippen LogP contribution is 2.23. The summed E-state index contributed by atoms with van der Waals surface area (Å²) in [5, 5.41) is 11.3. The van der Waals surface area contributed by atoms with Gasteiger partial charge in [-0.1, -0.05) is 26.3 Å². The molecule has 5 heteroatoms. The Morgan fingerprint density at radius 2 is 1.96 bits per heavy atom. The number of aliphatic carboxylic acids is 1. The highest BCUT2D eigenvalue weighted by atomic mass is 16.5. The summed E-state index contributed by atoms with van der Waals surface area (Å²) < 4.78 is 5.50. The molecule has 0 unspecified atom stereocenters. The van der Waals surface area contributed by atoms with Gasteiger partial charge < -0.3 is 15.2 Å². The summed E-state index contributed by atoms with van der Waals surface area (Å²) in [6.45, 7) is 6.88. The normalized spacial score (nSPS) is 10.6. The summed E-state index contributed by atoms with van der Waals surface area (Å²) in [7, 11) is 0. The van der Waals surface area contributed by atoms with Gasteiger partial charge in [-0.05, 0) is 48.9 Å². The third-order valence-corrected chi connectivity index (χ3v) is 3.62. The molecule has 0 aliphatic rings. The Morgan fingerprint density at radius 3 is 2.57 bits per heavy atom. The number of carbonyl (C=O) groups excluding carboxylic acids is 1. The molecule has 0 saturated carbocycles. The zero-order valence-electron chi connectivity index (χ0n) is 14.2. The van der Waals surface area contributed by atoms with Crippen molar-refractivity contribution in [3.8, 4) is 5.75 Å². The highest BCUT2D eigenvalue weighted by molar-refractivity contribution is 5.77. The zero-order valence-corrected chi connectivity index (χ0v) is 14.2. The molecule has 0 spiro atoms. The van der Waals surface area contributed by atoms with E-state index in [1.54, 1.807) is 0 Å². The topological polar surface area (TPSA) is 75.6 Å². The van der Waals surface area contributed by atoms with E-state index < -0.39 is 5.97 Å². The van der Waals surface area contributed by atoms with Gasteiger partial charge in [0.05, 0.1) is 0 Å². The van der Waals surface area contributed by atoms with Crippen molar-refractivity contribution in [2.75, 3.05) is 13.2 Å². The predicted octanol–water partition coefficient (Wildman–Crippen LogP) is 3.26. The minimum absolute atomic E-state index is 0.00437. The van der Waals surface area contributed by atoms with Crippen LogP contribution in [0.3, 0.4) is 0 Å². The Bertz CT molecular complexity index is 526. The first-order valence-corrected chi connectivity index (χ1v) is 8.12. The summed E-state index contributed by atoms with van der Waals surface area (Å²) in [4.78, 5) is 22.0. The van der Waals surface area contributed by atoms with Gasteiger partial charge in [-0.2, -0.15) is 0 Å². The molecule has 0 aromatic heterocycles. The third kappa shape index (κ3) is 7.68. The van der Waals surface area contributed by atoms with Crippen molar-refractivity contribution in [3.63, 3.8) is 0 Å². The van der Waals surface area contributed by atoms with Gasteiger partial charge in [0.15, 0.2) is 6.61 Å². The highest BCUT2D eigenvalue weighted by Gasteiger charge is 2.06. The Morgan fingerprint density at radius 1 is 1.22 bits per heavy atom. The molecule has 0 aliphatic carbocycles. The van der Waals surface area contributed by atoms with Crippen molar-refractivity contribution < 1.29 is 19.4 Å². The maximum Gasteiger partial charge on any atom is 0.303 e. The van der Waals surface area contributed by atoms with Gasteiger partial charge in [0, 0.05) is 13.0 Å². The van der Waals surface area contributed by atoms with E-state index in [2.05, 4.69) is 19.2 Å². The number of hydrogen-bond acceptors (Lipinski definition) is 3. The first-order valence-electron chi connectivity index (χ1n) is 8.12. The minimum atomic E-state index is -0.777. The van der Waals surface area contributed by atoms with Crippen molar-refractivity contribution in [2.45, 2.75) is 52.4 Å². The molecule has 23 heavy (non-hydrogen) atoms. The predicted molar refractivity (Wildman–Crippen MR) is 89.9 cm³/mol. The van der Waals surface area contributed by atoms with Crippen LogP contribution in [-0.2, 0) is 9.59 Å². The maximum absolute atomic E-state index is 11.7. The van der Waals surface area contributed by atoms with Crippen LogP contribution < -0.4 is 10.1 Å². The van der Waals surface area contributed by atoms with Crippen LogP contribution in [0.5, 0.6) is 5.75 Å². The van der Waals surface area contributed by atoms with E-state index in [9.17, 15) is 9.59 Å².